The monoisotopic (exact) mass is 285 g/mol. The third kappa shape index (κ3) is 2.51. The summed E-state index contributed by atoms with van der Waals surface area (Å²) in [7, 11) is 0. The van der Waals surface area contributed by atoms with Crippen LogP contribution in [-0.4, -0.2) is 45.2 Å². The summed E-state index contributed by atoms with van der Waals surface area (Å²) in [5.41, 5.74) is -3.40. The molecule has 0 fully saturated rings. The van der Waals surface area contributed by atoms with Gasteiger partial charge in [-0.15, -0.1) is 0 Å². The molecular weight excluding hydrogens is 274 g/mol. The summed E-state index contributed by atoms with van der Waals surface area (Å²) in [5, 5.41) is 28.8. The van der Waals surface area contributed by atoms with Gasteiger partial charge >= 0.3 is 23.4 Å². The van der Waals surface area contributed by atoms with Crippen molar-refractivity contribution in [1.29, 1.82) is 0 Å². The fraction of sp³-hybridized carbons (Fsp3) is 0.364. The summed E-state index contributed by atoms with van der Waals surface area (Å²) in [4.78, 5) is 43.5. The zero-order valence-corrected chi connectivity index (χ0v) is 10.3. The maximum absolute atomic E-state index is 11.6. The summed E-state index contributed by atoms with van der Waals surface area (Å²) in [5.74, 6) is -5.76. The molecule has 0 radical (unpaired) electrons. The highest BCUT2D eigenvalue weighted by Crippen LogP contribution is 2.29. The Hall–Kier alpha value is -2.71. The number of nitro groups is 1. The topological polar surface area (TPSA) is 144 Å². The van der Waals surface area contributed by atoms with Crippen LogP contribution in [-0.2, 0) is 19.1 Å². The van der Waals surface area contributed by atoms with E-state index in [-0.39, 0.29) is 6.61 Å². The third-order valence-corrected chi connectivity index (χ3v) is 2.69. The number of carbonyl (C=O) groups is 3. The molecule has 0 spiro atoms. The van der Waals surface area contributed by atoms with E-state index >= 15 is 0 Å². The SMILES string of the molecule is CCOC(=O)C1C=CC(C(=O)O)([N+](=O)[O-])C=C1C(=O)O. The molecule has 0 saturated heterocycles. The molecule has 0 aromatic rings. The van der Waals surface area contributed by atoms with Crippen molar-refractivity contribution >= 4 is 17.9 Å². The predicted octanol–water partition coefficient (Wildman–Crippen LogP) is -0.153. The van der Waals surface area contributed by atoms with E-state index in [1.54, 1.807) is 0 Å². The van der Waals surface area contributed by atoms with Gasteiger partial charge in [0.05, 0.1) is 12.2 Å². The molecule has 1 rings (SSSR count). The smallest absolute Gasteiger partial charge is 0.391 e. The predicted molar refractivity (Wildman–Crippen MR) is 62.3 cm³/mol. The Kier molecular flexibility index (Phi) is 4.23. The number of carboxylic acids is 2. The van der Waals surface area contributed by atoms with Crippen molar-refractivity contribution < 1.29 is 34.3 Å². The molecule has 9 heteroatoms. The first-order valence-corrected chi connectivity index (χ1v) is 5.46. The van der Waals surface area contributed by atoms with E-state index in [9.17, 15) is 24.5 Å². The maximum Gasteiger partial charge on any atom is 0.391 e. The van der Waals surface area contributed by atoms with Crippen LogP contribution in [0.15, 0.2) is 23.8 Å². The Balaban J connectivity index is 3.33. The van der Waals surface area contributed by atoms with Gasteiger partial charge in [0.1, 0.15) is 5.92 Å². The van der Waals surface area contributed by atoms with Gasteiger partial charge in [-0.1, -0.05) is 6.08 Å². The average molecular weight is 285 g/mol. The van der Waals surface area contributed by atoms with E-state index < -0.39 is 39.9 Å². The largest absolute Gasteiger partial charge is 0.478 e. The molecule has 0 aliphatic heterocycles. The van der Waals surface area contributed by atoms with E-state index in [1.807, 2.05) is 0 Å². The Labute approximate surface area is 112 Å². The van der Waals surface area contributed by atoms with Crippen LogP contribution in [0.25, 0.3) is 0 Å². The molecule has 2 unspecified atom stereocenters. The van der Waals surface area contributed by atoms with Crippen molar-refractivity contribution in [2.45, 2.75) is 12.5 Å². The molecule has 0 aromatic heterocycles. The number of hydrogen-bond donors (Lipinski definition) is 2. The lowest BCUT2D eigenvalue weighted by Gasteiger charge is -2.22. The molecule has 0 bridgehead atoms. The zero-order chi connectivity index (χ0) is 15.5. The molecule has 2 N–H and O–H groups in total. The van der Waals surface area contributed by atoms with Gasteiger partial charge in [-0.25, -0.2) is 9.59 Å². The molecule has 9 nitrogen and oxygen atoms in total. The lowest BCUT2D eigenvalue weighted by atomic mass is 9.84. The van der Waals surface area contributed by atoms with Crippen molar-refractivity contribution in [3.63, 3.8) is 0 Å². The minimum absolute atomic E-state index is 0.00458. The molecule has 0 saturated carbocycles. The molecule has 108 valence electrons. The highest BCUT2D eigenvalue weighted by atomic mass is 16.6. The summed E-state index contributed by atoms with van der Waals surface area (Å²) in [6.45, 7) is 1.50. The fourth-order valence-electron chi connectivity index (χ4n) is 1.68. The van der Waals surface area contributed by atoms with Gasteiger partial charge in [0.2, 0.25) is 0 Å². The number of rotatable bonds is 5. The van der Waals surface area contributed by atoms with Crippen LogP contribution in [0.2, 0.25) is 0 Å². The van der Waals surface area contributed by atoms with Crippen molar-refractivity contribution in [3.05, 3.63) is 33.9 Å². The van der Waals surface area contributed by atoms with Crippen LogP contribution in [0.5, 0.6) is 0 Å². The molecule has 1 aliphatic rings. The Morgan fingerprint density at radius 2 is 2.05 bits per heavy atom. The number of carboxylic acid groups (broad SMARTS) is 2. The average Bonchev–Trinajstić information content (AvgIpc) is 2.37. The first-order valence-electron chi connectivity index (χ1n) is 5.46. The minimum atomic E-state index is -2.70. The van der Waals surface area contributed by atoms with Crippen LogP contribution in [0, 0.1) is 16.0 Å². The number of carbonyl (C=O) groups excluding carboxylic acids is 1. The molecule has 20 heavy (non-hydrogen) atoms. The van der Waals surface area contributed by atoms with Crippen LogP contribution in [0.4, 0.5) is 0 Å². The Morgan fingerprint density at radius 3 is 2.45 bits per heavy atom. The van der Waals surface area contributed by atoms with Crippen molar-refractivity contribution in [3.8, 4) is 0 Å². The molecule has 1 aliphatic carbocycles. The molecule has 0 heterocycles. The van der Waals surface area contributed by atoms with Gasteiger partial charge in [0.15, 0.2) is 0 Å². The van der Waals surface area contributed by atoms with Gasteiger partial charge in [0, 0.05) is 17.1 Å². The van der Waals surface area contributed by atoms with Gasteiger partial charge in [-0.3, -0.25) is 14.9 Å². The van der Waals surface area contributed by atoms with E-state index in [1.165, 1.54) is 6.92 Å². The third-order valence-electron chi connectivity index (χ3n) is 2.69. The number of hydrogen-bond acceptors (Lipinski definition) is 6. The van der Waals surface area contributed by atoms with E-state index in [2.05, 4.69) is 4.74 Å². The van der Waals surface area contributed by atoms with Gasteiger partial charge in [0.25, 0.3) is 0 Å². The van der Waals surface area contributed by atoms with E-state index in [4.69, 9.17) is 10.2 Å². The van der Waals surface area contributed by atoms with Gasteiger partial charge in [-0.05, 0) is 6.92 Å². The lowest BCUT2D eigenvalue weighted by molar-refractivity contribution is -0.527. The normalized spacial score (nSPS) is 24.6. The number of aliphatic carboxylic acids is 2. The fourth-order valence-corrected chi connectivity index (χ4v) is 1.68. The Bertz CT molecular complexity index is 519. The molecular formula is C11H11NO8. The number of esters is 1. The van der Waals surface area contributed by atoms with Crippen LogP contribution < -0.4 is 0 Å². The highest BCUT2D eigenvalue weighted by molar-refractivity contribution is 5.98. The summed E-state index contributed by atoms with van der Waals surface area (Å²) < 4.78 is 4.64. The van der Waals surface area contributed by atoms with Crippen LogP contribution >= 0.6 is 0 Å². The second-order valence-corrected chi connectivity index (χ2v) is 3.88. The zero-order valence-electron chi connectivity index (χ0n) is 10.3. The van der Waals surface area contributed by atoms with Gasteiger partial charge < -0.3 is 14.9 Å². The van der Waals surface area contributed by atoms with Crippen LogP contribution in [0.3, 0.4) is 0 Å². The maximum atomic E-state index is 11.6. The molecule has 0 aromatic carbocycles. The van der Waals surface area contributed by atoms with Crippen molar-refractivity contribution in [2.24, 2.45) is 5.92 Å². The summed E-state index contributed by atoms with van der Waals surface area (Å²) in [6, 6.07) is 0. The second-order valence-electron chi connectivity index (χ2n) is 3.88. The van der Waals surface area contributed by atoms with E-state index in [0.29, 0.717) is 12.2 Å². The highest BCUT2D eigenvalue weighted by Gasteiger charge is 2.51. The summed E-state index contributed by atoms with van der Waals surface area (Å²) in [6.07, 6.45) is 1.97. The standard InChI is InChI=1S/C11H11NO8/c1-2-20-9(15)6-3-4-11(10(16)17,12(18)19)5-7(6)8(13)14/h3-6H,2H2,1H3,(H,13,14)(H,16,17). The lowest BCUT2D eigenvalue weighted by Crippen LogP contribution is -2.46. The number of nitrogens with zero attached hydrogens (tertiary/aromatic N) is 1. The molecule has 0 amide bonds. The minimum Gasteiger partial charge on any atom is -0.478 e. The van der Waals surface area contributed by atoms with E-state index in [0.717, 1.165) is 6.08 Å². The Morgan fingerprint density at radius 1 is 1.45 bits per heavy atom. The first-order chi connectivity index (χ1) is 9.26. The second kappa shape index (κ2) is 5.51. The first kappa shape index (κ1) is 15.3. The quantitative estimate of drug-likeness (QED) is 0.307. The van der Waals surface area contributed by atoms with Crippen LogP contribution in [0.1, 0.15) is 6.92 Å². The van der Waals surface area contributed by atoms with Gasteiger partial charge in [-0.2, -0.15) is 0 Å². The van der Waals surface area contributed by atoms with Crippen molar-refractivity contribution in [2.75, 3.05) is 6.61 Å². The van der Waals surface area contributed by atoms with Crippen molar-refractivity contribution in [1.82, 2.24) is 0 Å². The molecule has 2 atom stereocenters. The number of ether oxygens (including phenoxy) is 1. The summed E-state index contributed by atoms with van der Waals surface area (Å²) >= 11 is 0.